The molecule has 0 unspecified atom stereocenters. The van der Waals surface area contributed by atoms with Crippen LogP contribution in [0.4, 0.5) is 5.69 Å². The molecule has 1 amide bonds. The lowest BCUT2D eigenvalue weighted by atomic mass is 10.0. The largest absolute Gasteiger partial charge is 0.326 e. The Bertz CT molecular complexity index is 619. The summed E-state index contributed by atoms with van der Waals surface area (Å²) in [7, 11) is 0. The minimum absolute atomic E-state index is 0.201. The summed E-state index contributed by atoms with van der Waals surface area (Å²) in [6.07, 6.45) is 1.44. The zero-order chi connectivity index (χ0) is 13.9. The summed E-state index contributed by atoms with van der Waals surface area (Å²) in [5.41, 5.74) is 10.1. The van der Waals surface area contributed by atoms with E-state index in [1.54, 1.807) is 0 Å². The van der Waals surface area contributed by atoms with E-state index < -0.39 is 0 Å². The van der Waals surface area contributed by atoms with Gasteiger partial charge in [0.25, 0.3) is 0 Å². The highest BCUT2D eigenvalue weighted by molar-refractivity contribution is 5.96. The van der Waals surface area contributed by atoms with Crippen molar-refractivity contribution in [3.8, 4) is 0 Å². The van der Waals surface area contributed by atoms with Crippen molar-refractivity contribution in [2.75, 3.05) is 4.90 Å². The number of nitrogens with two attached hydrogens (primary N) is 1. The highest BCUT2D eigenvalue weighted by atomic mass is 16.2. The third-order valence-corrected chi connectivity index (χ3v) is 3.79. The van der Waals surface area contributed by atoms with Crippen molar-refractivity contribution in [3.05, 3.63) is 65.2 Å². The van der Waals surface area contributed by atoms with Gasteiger partial charge in [-0.3, -0.25) is 4.79 Å². The summed E-state index contributed by atoms with van der Waals surface area (Å²) in [6.45, 7) is 1.17. The van der Waals surface area contributed by atoms with Gasteiger partial charge in [0.2, 0.25) is 5.91 Å². The molecular weight excluding hydrogens is 248 g/mol. The van der Waals surface area contributed by atoms with Gasteiger partial charge >= 0.3 is 0 Å². The number of anilines is 1. The monoisotopic (exact) mass is 266 g/mol. The van der Waals surface area contributed by atoms with E-state index in [-0.39, 0.29) is 5.91 Å². The zero-order valence-electron chi connectivity index (χ0n) is 11.4. The fourth-order valence-corrected chi connectivity index (χ4v) is 2.63. The Morgan fingerprint density at radius 3 is 2.40 bits per heavy atom. The van der Waals surface area contributed by atoms with E-state index in [1.165, 1.54) is 5.56 Å². The lowest BCUT2D eigenvalue weighted by molar-refractivity contribution is -0.119. The van der Waals surface area contributed by atoms with E-state index in [0.29, 0.717) is 19.5 Å². The first-order valence-corrected chi connectivity index (χ1v) is 6.94. The molecule has 3 rings (SSSR count). The first-order valence-electron chi connectivity index (χ1n) is 6.94. The number of hydrogen-bond acceptors (Lipinski definition) is 2. The Morgan fingerprint density at radius 1 is 0.950 bits per heavy atom. The molecule has 0 fully saturated rings. The SMILES string of the molecule is NCc1ccc(CN2C(=O)CCc3ccccc32)cc1. The number of aryl methyl sites for hydroxylation is 1. The number of nitrogens with zero attached hydrogens (tertiary/aromatic N) is 1. The van der Waals surface area contributed by atoms with Crippen molar-refractivity contribution in [1.29, 1.82) is 0 Å². The van der Waals surface area contributed by atoms with Gasteiger partial charge in [-0.2, -0.15) is 0 Å². The van der Waals surface area contributed by atoms with Crippen LogP contribution in [0, 0.1) is 0 Å². The Labute approximate surface area is 119 Å². The highest BCUT2D eigenvalue weighted by Gasteiger charge is 2.23. The summed E-state index contributed by atoms with van der Waals surface area (Å²) in [4.78, 5) is 14.1. The average molecular weight is 266 g/mol. The van der Waals surface area contributed by atoms with Crippen LogP contribution in [0.3, 0.4) is 0 Å². The smallest absolute Gasteiger partial charge is 0.227 e. The van der Waals surface area contributed by atoms with Crippen molar-refractivity contribution in [2.24, 2.45) is 5.73 Å². The Morgan fingerprint density at radius 2 is 1.65 bits per heavy atom. The molecule has 0 saturated carbocycles. The van der Waals surface area contributed by atoms with Crippen LogP contribution in [0.15, 0.2) is 48.5 Å². The number of carbonyl (C=O) groups excluding carboxylic acids is 1. The Balaban J connectivity index is 1.87. The number of amides is 1. The van der Waals surface area contributed by atoms with E-state index in [9.17, 15) is 4.79 Å². The van der Waals surface area contributed by atoms with E-state index in [0.717, 1.165) is 23.2 Å². The molecule has 1 aliphatic heterocycles. The summed E-state index contributed by atoms with van der Waals surface area (Å²) >= 11 is 0. The molecule has 3 heteroatoms. The first kappa shape index (κ1) is 12.9. The molecule has 0 aromatic heterocycles. The van der Waals surface area contributed by atoms with Crippen molar-refractivity contribution >= 4 is 11.6 Å². The molecule has 0 saturated heterocycles. The van der Waals surface area contributed by atoms with Gasteiger partial charge in [-0.05, 0) is 29.2 Å². The predicted octanol–water partition coefficient (Wildman–Crippen LogP) is 2.62. The standard InChI is InChI=1S/C17H18N2O/c18-11-13-5-7-14(8-6-13)12-19-16-4-2-1-3-15(16)9-10-17(19)20/h1-8H,9-12,18H2. The molecule has 1 aliphatic rings. The second-order valence-electron chi connectivity index (χ2n) is 5.13. The van der Waals surface area contributed by atoms with E-state index in [1.807, 2.05) is 47.4 Å². The lowest BCUT2D eigenvalue weighted by Crippen LogP contribution is -2.34. The van der Waals surface area contributed by atoms with Crippen LogP contribution in [0.1, 0.15) is 23.1 Å². The number of rotatable bonds is 3. The van der Waals surface area contributed by atoms with Crippen LogP contribution in [0.5, 0.6) is 0 Å². The van der Waals surface area contributed by atoms with Gasteiger partial charge < -0.3 is 10.6 Å². The summed E-state index contributed by atoms with van der Waals surface area (Å²) in [5, 5.41) is 0. The fourth-order valence-electron chi connectivity index (χ4n) is 2.63. The molecule has 3 nitrogen and oxygen atoms in total. The number of carbonyl (C=O) groups is 1. The van der Waals surface area contributed by atoms with Gasteiger partial charge in [0.15, 0.2) is 0 Å². The molecule has 0 spiro atoms. The maximum atomic E-state index is 12.2. The molecule has 2 N–H and O–H groups in total. The van der Waals surface area contributed by atoms with Crippen molar-refractivity contribution in [3.63, 3.8) is 0 Å². The highest BCUT2D eigenvalue weighted by Crippen LogP contribution is 2.28. The number of benzene rings is 2. The topological polar surface area (TPSA) is 46.3 Å². The molecule has 2 aromatic rings. The number of para-hydroxylation sites is 1. The minimum Gasteiger partial charge on any atom is -0.326 e. The van der Waals surface area contributed by atoms with Gasteiger partial charge in [-0.25, -0.2) is 0 Å². The van der Waals surface area contributed by atoms with Crippen molar-refractivity contribution in [2.45, 2.75) is 25.9 Å². The van der Waals surface area contributed by atoms with Gasteiger partial charge in [0.05, 0.1) is 6.54 Å². The molecule has 102 valence electrons. The van der Waals surface area contributed by atoms with Crippen LogP contribution >= 0.6 is 0 Å². The first-order chi connectivity index (χ1) is 9.78. The maximum Gasteiger partial charge on any atom is 0.227 e. The molecule has 0 aliphatic carbocycles. The van der Waals surface area contributed by atoms with Crippen LogP contribution in [0.2, 0.25) is 0 Å². The summed E-state index contributed by atoms with van der Waals surface area (Å²) in [5.74, 6) is 0.201. The van der Waals surface area contributed by atoms with E-state index >= 15 is 0 Å². The molecule has 0 radical (unpaired) electrons. The van der Waals surface area contributed by atoms with Gasteiger partial charge in [-0.1, -0.05) is 42.5 Å². The van der Waals surface area contributed by atoms with Crippen LogP contribution < -0.4 is 10.6 Å². The second kappa shape index (κ2) is 5.47. The van der Waals surface area contributed by atoms with Crippen LogP contribution in [-0.2, 0) is 24.3 Å². The lowest BCUT2D eigenvalue weighted by Gasteiger charge is -2.29. The second-order valence-corrected chi connectivity index (χ2v) is 5.13. The average Bonchev–Trinajstić information content (AvgIpc) is 2.51. The predicted molar refractivity (Wildman–Crippen MR) is 80.3 cm³/mol. The number of hydrogen-bond donors (Lipinski definition) is 1. The van der Waals surface area contributed by atoms with Crippen molar-refractivity contribution in [1.82, 2.24) is 0 Å². The van der Waals surface area contributed by atoms with E-state index in [4.69, 9.17) is 5.73 Å². The quantitative estimate of drug-likeness (QED) is 0.928. The molecule has 1 heterocycles. The van der Waals surface area contributed by atoms with Crippen molar-refractivity contribution < 1.29 is 4.79 Å². The third-order valence-electron chi connectivity index (χ3n) is 3.79. The molecular formula is C17H18N2O. The molecule has 0 atom stereocenters. The van der Waals surface area contributed by atoms with Crippen LogP contribution in [0.25, 0.3) is 0 Å². The summed E-state index contributed by atoms with van der Waals surface area (Å²) < 4.78 is 0. The summed E-state index contributed by atoms with van der Waals surface area (Å²) in [6, 6.07) is 16.3. The fraction of sp³-hybridized carbons (Fsp3) is 0.235. The minimum atomic E-state index is 0.201. The van der Waals surface area contributed by atoms with E-state index in [2.05, 4.69) is 6.07 Å². The zero-order valence-corrected chi connectivity index (χ0v) is 11.4. The molecule has 2 aromatic carbocycles. The molecule has 20 heavy (non-hydrogen) atoms. The Kier molecular flexibility index (Phi) is 3.52. The normalized spacial score (nSPS) is 14.2. The van der Waals surface area contributed by atoms with Crippen LogP contribution in [-0.4, -0.2) is 5.91 Å². The number of fused-ring (bicyclic) bond motifs is 1. The van der Waals surface area contributed by atoms with Gasteiger partial charge in [0, 0.05) is 18.7 Å². The molecule has 0 bridgehead atoms. The third kappa shape index (κ3) is 2.45. The van der Waals surface area contributed by atoms with Gasteiger partial charge in [-0.15, -0.1) is 0 Å². The van der Waals surface area contributed by atoms with Gasteiger partial charge in [0.1, 0.15) is 0 Å². The Hall–Kier alpha value is -2.13. The maximum absolute atomic E-state index is 12.2.